The summed E-state index contributed by atoms with van der Waals surface area (Å²) in [5.74, 6) is -0.00842. The van der Waals surface area contributed by atoms with Crippen LogP contribution in [0.25, 0.3) is 0 Å². The van der Waals surface area contributed by atoms with Crippen LogP contribution in [-0.2, 0) is 19.6 Å². The minimum absolute atomic E-state index is 0.117. The first kappa shape index (κ1) is 22.4. The molecule has 8 heteroatoms. The number of amides is 1. The van der Waals surface area contributed by atoms with Gasteiger partial charge in [0.2, 0.25) is 10.0 Å². The fraction of sp³-hybridized carbons (Fsp3) is 0.600. The van der Waals surface area contributed by atoms with Crippen LogP contribution in [0.1, 0.15) is 61.7 Å². The molecule has 0 bridgehead atoms. The number of methoxy groups -OCH3 is 1. The van der Waals surface area contributed by atoms with E-state index in [0.717, 1.165) is 44.9 Å². The van der Waals surface area contributed by atoms with Crippen LogP contribution in [0, 0.1) is 5.92 Å². The highest BCUT2D eigenvalue weighted by Gasteiger charge is 2.24. The minimum atomic E-state index is -3.58. The number of hydrogen-bond donors (Lipinski definition) is 2. The molecule has 1 aliphatic carbocycles. The van der Waals surface area contributed by atoms with Gasteiger partial charge in [-0.3, -0.25) is 9.59 Å². The average molecular weight is 411 g/mol. The van der Waals surface area contributed by atoms with E-state index in [1.165, 1.54) is 19.2 Å². The van der Waals surface area contributed by atoms with Gasteiger partial charge in [0.15, 0.2) is 0 Å². The predicted molar refractivity (Wildman–Crippen MR) is 106 cm³/mol. The van der Waals surface area contributed by atoms with Gasteiger partial charge in [0.25, 0.3) is 5.91 Å². The highest BCUT2D eigenvalue weighted by Crippen LogP contribution is 2.28. The van der Waals surface area contributed by atoms with Gasteiger partial charge in [-0.05, 0) is 49.8 Å². The lowest BCUT2D eigenvalue weighted by atomic mass is 10.1. The molecule has 156 valence electrons. The molecule has 0 heterocycles. The Labute approximate surface area is 167 Å². The number of carbonyl (C=O) groups excluding carboxylic acids is 2. The van der Waals surface area contributed by atoms with E-state index >= 15 is 0 Å². The standard InChI is InChI=1S/C20H30N2O5S/c1-27-19(23)10-5-3-2-4-6-13-21-20(24)17-8-7-9-18(14-17)28(25,26)22-15-16-11-12-16/h7-9,14,16,22H,2-6,10-13,15H2,1H3,(H,21,24). The van der Waals surface area contributed by atoms with Crippen molar-refractivity contribution in [3.63, 3.8) is 0 Å². The van der Waals surface area contributed by atoms with Gasteiger partial charge < -0.3 is 10.1 Å². The molecule has 0 spiro atoms. The quantitative estimate of drug-likeness (QED) is 0.384. The largest absolute Gasteiger partial charge is 0.469 e. The number of benzene rings is 1. The Hall–Kier alpha value is -1.93. The van der Waals surface area contributed by atoms with Crippen LogP contribution in [-0.4, -0.2) is 40.5 Å². The summed E-state index contributed by atoms with van der Waals surface area (Å²) in [5.41, 5.74) is 0.340. The first-order chi connectivity index (χ1) is 13.4. The molecule has 2 N–H and O–H groups in total. The summed E-state index contributed by atoms with van der Waals surface area (Å²) in [5, 5.41) is 2.83. The summed E-state index contributed by atoms with van der Waals surface area (Å²) in [4.78, 5) is 23.4. The van der Waals surface area contributed by atoms with E-state index in [2.05, 4.69) is 14.8 Å². The van der Waals surface area contributed by atoms with Crippen molar-refractivity contribution in [1.29, 1.82) is 0 Å². The molecule has 1 amide bonds. The molecule has 1 fully saturated rings. The Kier molecular flexibility index (Phi) is 8.92. The molecule has 1 saturated carbocycles. The Morgan fingerprint density at radius 1 is 1.11 bits per heavy atom. The highest BCUT2D eigenvalue weighted by atomic mass is 32.2. The lowest BCUT2D eigenvalue weighted by Crippen LogP contribution is -2.27. The lowest BCUT2D eigenvalue weighted by Gasteiger charge is -2.09. The minimum Gasteiger partial charge on any atom is -0.469 e. The number of rotatable bonds is 13. The molecule has 0 radical (unpaired) electrons. The van der Waals surface area contributed by atoms with Crippen molar-refractivity contribution in [1.82, 2.24) is 10.0 Å². The summed E-state index contributed by atoms with van der Waals surface area (Å²) in [6.07, 6.45) is 7.14. The molecule has 7 nitrogen and oxygen atoms in total. The Morgan fingerprint density at radius 2 is 1.82 bits per heavy atom. The van der Waals surface area contributed by atoms with E-state index in [9.17, 15) is 18.0 Å². The van der Waals surface area contributed by atoms with E-state index in [1.54, 1.807) is 12.1 Å². The molecule has 28 heavy (non-hydrogen) atoms. The summed E-state index contributed by atoms with van der Waals surface area (Å²) in [6.45, 7) is 0.991. The maximum absolute atomic E-state index is 12.3. The van der Waals surface area contributed by atoms with E-state index in [1.807, 2.05) is 0 Å². The second kappa shape index (κ2) is 11.2. The molecule has 1 aromatic rings. The monoisotopic (exact) mass is 410 g/mol. The topological polar surface area (TPSA) is 102 Å². The molecule has 1 aliphatic rings. The zero-order valence-electron chi connectivity index (χ0n) is 16.4. The zero-order valence-corrected chi connectivity index (χ0v) is 17.2. The van der Waals surface area contributed by atoms with Gasteiger partial charge in [0, 0.05) is 25.1 Å². The maximum atomic E-state index is 12.3. The van der Waals surface area contributed by atoms with E-state index in [4.69, 9.17) is 0 Å². The third-order valence-electron chi connectivity index (χ3n) is 4.74. The van der Waals surface area contributed by atoms with Crippen LogP contribution >= 0.6 is 0 Å². The average Bonchev–Trinajstić information content (AvgIpc) is 3.52. The summed E-state index contributed by atoms with van der Waals surface area (Å²) in [7, 11) is -2.19. The summed E-state index contributed by atoms with van der Waals surface area (Å²) in [6, 6.07) is 6.11. The first-order valence-corrected chi connectivity index (χ1v) is 11.4. The summed E-state index contributed by atoms with van der Waals surface area (Å²) < 4.78 is 31.8. The Morgan fingerprint density at radius 3 is 2.54 bits per heavy atom. The SMILES string of the molecule is COC(=O)CCCCCCCNC(=O)c1cccc(S(=O)(=O)NCC2CC2)c1. The molecule has 0 atom stereocenters. The zero-order chi connectivity index (χ0) is 20.4. The first-order valence-electron chi connectivity index (χ1n) is 9.87. The van der Waals surface area contributed by atoms with Crippen molar-refractivity contribution < 1.29 is 22.7 Å². The van der Waals surface area contributed by atoms with Gasteiger partial charge in [-0.1, -0.05) is 25.3 Å². The molecule has 2 rings (SSSR count). The second-order valence-electron chi connectivity index (χ2n) is 7.17. The van der Waals surface area contributed by atoms with Gasteiger partial charge in [-0.25, -0.2) is 13.1 Å². The van der Waals surface area contributed by atoms with E-state index < -0.39 is 10.0 Å². The molecular formula is C20H30N2O5S. The van der Waals surface area contributed by atoms with Crippen molar-refractivity contribution in [2.45, 2.75) is 56.3 Å². The van der Waals surface area contributed by atoms with E-state index in [0.29, 0.717) is 31.0 Å². The lowest BCUT2D eigenvalue weighted by molar-refractivity contribution is -0.140. The van der Waals surface area contributed by atoms with Crippen molar-refractivity contribution in [2.75, 3.05) is 20.2 Å². The fourth-order valence-corrected chi connectivity index (χ4v) is 3.93. The van der Waals surface area contributed by atoms with Crippen LogP contribution in [0.5, 0.6) is 0 Å². The molecule has 1 aromatic carbocycles. The third kappa shape index (κ3) is 7.98. The summed E-state index contributed by atoms with van der Waals surface area (Å²) >= 11 is 0. The van der Waals surface area contributed by atoms with Gasteiger partial charge in [0.05, 0.1) is 12.0 Å². The molecule has 0 saturated heterocycles. The third-order valence-corrected chi connectivity index (χ3v) is 6.16. The van der Waals surface area contributed by atoms with Crippen molar-refractivity contribution >= 4 is 21.9 Å². The number of ether oxygens (including phenoxy) is 1. The van der Waals surface area contributed by atoms with Crippen LogP contribution in [0.4, 0.5) is 0 Å². The number of nitrogens with one attached hydrogen (secondary N) is 2. The van der Waals surface area contributed by atoms with E-state index in [-0.39, 0.29) is 16.8 Å². The van der Waals surface area contributed by atoms with Crippen LogP contribution < -0.4 is 10.0 Å². The number of sulfonamides is 1. The Balaban J connectivity index is 1.68. The predicted octanol–water partition coefficient (Wildman–Crippen LogP) is 2.62. The van der Waals surface area contributed by atoms with Crippen LogP contribution in [0.2, 0.25) is 0 Å². The Bertz CT molecular complexity index is 760. The van der Waals surface area contributed by atoms with Gasteiger partial charge >= 0.3 is 5.97 Å². The van der Waals surface area contributed by atoms with Crippen molar-refractivity contribution in [2.24, 2.45) is 5.92 Å². The molecule has 0 aliphatic heterocycles. The second-order valence-corrected chi connectivity index (χ2v) is 8.94. The smallest absolute Gasteiger partial charge is 0.305 e. The number of esters is 1. The normalized spacial score (nSPS) is 13.9. The number of hydrogen-bond acceptors (Lipinski definition) is 5. The number of unbranched alkanes of at least 4 members (excludes halogenated alkanes) is 4. The molecular weight excluding hydrogens is 380 g/mol. The van der Waals surface area contributed by atoms with Gasteiger partial charge in [-0.2, -0.15) is 0 Å². The molecule has 0 aromatic heterocycles. The van der Waals surface area contributed by atoms with Crippen molar-refractivity contribution in [3.05, 3.63) is 29.8 Å². The van der Waals surface area contributed by atoms with Gasteiger partial charge in [-0.15, -0.1) is 0 Å². The van der Waals surface area contributed by atoms with Gasteiger partial charge in [0.1, 0.15) is 0 Å². The molecule has 0 unspecified atom stereocenters. The van der Waals surface area contributed by atoms with Crippen molar-refractivity contribution in [3.8, 4) is 0 Å². The highest BCUT2D eigenvalue weighted by molar-refractivity contribution is 7.89. The number of carbonyl (C=O) groups is 2. The van der Waals surface area contributed by atoms with Crippen LogP contribution in [0.3, 0.4) is 0 Å². The van der Waals surface area contributed by atoms with Crippen LogP contribution in [0.15, 0.2) is 29.2 Å². The fourth-order valence-electron chi connectivity index (χ4n) is 2.77. The maximum Gasteiger partial charge on any atom is 0.305 e.